The molecule has 0 saturated carbocycles. The second kappa shape index (κ2) is 11.3. The third-order valence-corrected chi connectivity index (χ3v) is 8.09. The summed E-state index contributed by atoms with van der Waals surface area (Å²) in [4.78, 5) is 13.2. The van der Waals surface area contributed by atoms with E-state index in [1.54, 1.807) is 6.07 Å². The van der Waals surface area contributed by atoms with Crippen LogP contribution in [0, 0.1) is 17.6 Å². The van der Waals surface area contributed by atoms with Crippen molar-refractivity contribution in [3.63, 3.8) is 0 Å². The molecule has 0 bridgehead atoms. The van der Waals surface area contributed by atoms with Crippen molar-refractivity contribution in [2.75, 3.05) is 6.61 Å². The van der Waals surface area contributed by atoms with Gasteiger partial charge in [-0.25, -0.2) is 18.7 Å². The van der Waals surface area contributed by atoms with Gasteiger partial charge >= 0.3 is 6.01 Å². The van der Waals surface area contributed by atoms with Crippen LogP contribution in [0.1, 0.15) is 42.8 Å². The molecule has 6 nitrogen and oxygen atoms in total. The van der Waals surface area contributed by atoms with Gasteiger partial charge in [0, 0.05) is 28.1 Å². The van der Waals surface area contributed by atoms with Gasteiger partial charge in [-0.15, -0.1) is 0 Å². The number of imidazole rings is 1. The maximum atomic E-state index is 14.7. The Balaban J connectivity index is 1.16. The number of ether oxygens (including phenoxy) is 2. The van der Waals surface area contributed by atoms with Gasteiger partial charge in [0.25, 0.3) is 0 Å². The predicted molar refractivity (Wildman–Crippen MR) is 149 cm³/mol. The van der Waals surface area contributed by atoms with Crippen molar-refractivity contribution in [2.45, 2.75) is 51.4 Å². The zero-order valence-electron chi connectivity index (χ0n) is 21.0. The van der Waals surface area contributed by atoms with Crippen LogP contribution < -0.4 is 4.74 Å². The van der Waals surface area contributed by atoms with E-state index in [2.05, 4.69) is 48.7 Å². The molecule has 0 spiro atoms. The number of fused-ring (bicyclic) bond motifs is 1. The topological polar surface area (TPSA) is 62.1 Å². The van der Waals surface area contributed by atoms with Crippen LogP contribution in [-0.4, -0.2) is 32.2 Å². The zero-order valence-corrected chi connectivity index (χ0v) is 23.4. The van der Waals surface area contributed by atoms with Crippen molar-refractivity contribution in [3.05, 3.63) is 86.9 Å². The lowest BCUT2D eigenvalue weighted by atomic mass is 9.86. The van der Waals surface area contributed by atoms with Crippen molar-refractivity contribution in [1.82, 2.24) is 19.5 Å². The van der Waals surface area contributed by atoms with Gasteiger partial charge in [-0.3, -0.25) is 0 Å². The van der Waals surface area contributed by atoms with Gasteiger partial charge < -0.3 is 14.0 Å². The van der Waals surface area contributed by atoms with Crippen LogP contribution >= 0.6 is 27.5 Å². The molecule has 0 N–H and O–H groups in total. The minimum absolute atomic E-state index is 0.00173. The third-order valence-electron chi connectivity index (χ3n) is 7.36. The van der Waals surface area contributed by atoms with Gasteiger partial charge in [-0.1, -0.05) is 39.7 Å². The first-order chi connectivity index (χ1) is 18.9. The number of rotatable bonds is 8. The number of allylic oxidation sites excluding steroid dienone is 2. The number of nitrogens with zero attached hydrogens (tertiary/aromatic N) is 4. The van der Waals surface area contributed by atoms with E-state index in [-0.39, 0.29) is 24.4 Å². The number of aromatic nitrogens is 4. The van der Waals surface area contributed by atoms with E-state index in [0.717, 1.165) is 71.9 Å². The Hall–Kier alpha value is -2.88. The molecule has 1 saturated heterocycles. The number of halogens is 4. The highest BCUT2D eigenvalue weighted by Crippen LogP contribution is 2.34. The van der Waals surface area contributed by atoms with Crippen molar-refractivity contribution >= 4 is 44.1 Å². The summed E-state index contributed by atoms with van der Waals surface area (Å²) in [6.07, 6.45) is 7.64. The fraction of sp³-hybridized carbons (Fsp3) is 0.345. The summed E-state index contributed by atoms with van der Waals surface area (Å²) in [5.74, 6) is 0.451. The summed E-state index contributed by atoms with van der Waals surface area (Å²) in [7, 11) is 0. The summed E-state index contributed by atoms with van der Waals surface area (Å²) < 4.78 is 43.4. The van der Waals surface area contributed by atoms with Crippen molar-refractivity contribution in [1.29, 1.82) is 0 Å². The predicted octanol–water partition coefficient (Wildman–Crippen LogP) is 7.31. The molecule has 3 heterocycles. The van der Waals surface area contributed by atoms with Gasteiger partial charge in [0.2, 0.25) is 0 Å². The molecule has 39 heavy (non-hydrogen) atoms. The molecule has 2 unspecified atom stereocenters. The maximum Gasteiger partial charge on any atom is 0.317 e. The van der Waals surface area contributed by atoms with Crippen LogP contribution in [0.15, 0.2) is 53.1 Å². The fourth-order valence-electron chi connectivity index (χ4n) is 5.12. The summed E-state index contributed by atoms with van der Waals surface area (Å²) >= 11 is 9.36. The summed E-state index contributed by atoms with van der Waals surface area (Å²) in [5, 5.41) is 0.303. The Bertz CT molecular complexity index is 1560. The van der Waals surface area contributed by atoms with Crippen LogP contribution in [-0.2, 0) is 24.3 Å². The lowest BCUT2D eigenvalue weighted by Crippen LogP contribution is -2.32. The van der Waals surface area contributed by atoms with Crippen LogP contribution in [0.4, 0.5) is 8.78 Å². The van der Waals surface area contributed by atoms with E-state index in [9.17, 15) is 8.78 Å². The number of benzene rings is 2. The van der Waals surface area contributed by atoms with Gasteiger partial charge in [0.1, 0.15) is 23.9 Å². The standard InChI is InChI=1S/C29H26BrClF2N4O2/c30-20-6-8-26-25(12-20)35-27(37(26)15-22-9-10-38-22)11-17-1-3-18(4-2-17)28-24(33)14-34-29(36-28)39-16-19-5-7-21(31)13-23(19)32/h3,5-8,12-14,17,22H,1-2,4,9-11,15-16H2. The van der Waals surface area contributed by atoms with E-state index >= 15 is 0 Å². The second-order valence-electron chi connectivity index (χ2n) is 10.0. The average molecular weight is 616 g/mol. The maximum absolute atomic E-state index is 14.7. The molecule has 202 valence electrons. The van der Waals surface area contributed by atoms with E-state index in [1.807, 2.05) is 6.07 Å². The van der Waals surface area contributed by atoms with E-state index in [1.165, 1.54) is 12.1 Å². The minimum atomic E-state index is -0.502. The Morgan fingerprint density at radius 1 is 1.10 bits per heavy atom. The van der Waals surface area contributed by atoms with Crippen molar-refractivity contribution in [3.8, 4) is 6.01 Å². The first kappa shape index (κ1) is 26.3. The molecule has 1 fully saturated rings. The lowest BCUT2D eigenvalue weighted by Gasteiger charge is -2.28. The van der Waals surface area contributed by atoms with Gasteiger partial charge in [-0.05, 0) is 67.5 Å². The van der Waals surface area contributed by atoms with E-state index < -0.39 is 11.6 Å². The first-order valence-corrected chi connectivity index (χ1v) is 14.1. The highest BCUT2D eigenvalue weighted by atomic mass is 79.9. The molecule has 1 aliphatic carbocycles. The Morgan fingerprint density at radius 3 is 2.72 bits per heavy atom. The lowest BCUT2D eigenvalue weighted by molar-refractivity contribution is -0.0590. The molecule has 10 heteroatoms. The molecular weight excluding hydrogens is 590 g/mol. The fourth-order valence-corrected chi connectivity index (χ4v) is 5.63. The summed E-state index contributed by atoms with van der Waals surface area (Å²) in [6.45, 7) is 1.54. The summed E-state index contributed by atoms with van der Waals surface area (Å²) in [6, 6.07) is 10.5. The average Bonchev–Trinajstić information content (AvgIpc) is 3.22. The highest BCUT2D eigenvalue weighted by molar-refractivity contribution is 9.10. The highest BCUT2D eigenvalue weighted by Gasteiger charge is 2.25. The quantitative estimate of drug-likeness (QED) is 0.208. The van der Waals surface area contributed by atoms with Crippen LogP contribution in [0.25, 0.3) is 16.6 Å². The van der Waals surface area contributed by atoms with E-state index in [0.29, 0.717) is 22.9 Å². The molecule has 2 aromatic heterocycles. The van der Waals surface area contributed by atoms with Crippen molar-refractivity contribution < 1.29 is 18.3 Å². The van der Waals surface area contributed by atoms with Crippen LogP contribution in [0.5, 0.6) is 6.01 Å². The molecule has 1 aliphatic heterocycles. The SMILES string of the molecule is Fc1cc(Cl)ccc1COc1ncc(F)c(C2=CCC(Cc3nc4cc(Br)ccc4n3CC3CCO3)CC2)n1. The summed E-state index contributed by atoms with van der Waals surface area (Å²) in [5.41, 5.74) is 3.46. The van der Waals surface area contributed by atoms with Gasteiger partial charge in [-0.2, -0.15) is 4.98 Å². The Labute approximate surface area is 238 Å². The third kappa shape index (κ3) is 5.85. The van der Waals surface area contributed by atoms with Crippen molar-refractivity contribution in [2.24, 2.45) is 5.92 Å². The monoisotopic (exact) mass is 614 g/mol. The molecule has 0 radical (unpaired) electrons. The largest absolute Gasteiger partial charge is 0.458 e. The second-order valence-corrected chi connectivity index (χ2v) is 11.4. The molecule has 4 aromatic rings. The molecule has 2 atom stereocenters. The molecule has 2 aromatic carbocycles. The Morgan fingerprint density at radius 2 is 1.97 bits per heavy atom. The van der Waals surface area contributed by atoms with Crippen LogP contribution in [0.2, 0.25) is 5.02 Å². The molecule has 2 aliphatic rings. The molecular formula is C29H26BrClF2N4O2. The zero-order chi connectivity index (χ0) is 26.9. The van der Waals surface area contributed by atoms with Gasteiger partial charge in [0.15, 0.2) is 5.82 Å². The smallest absolute Gasteiger partial charge is 0.317 e. The minimum Gasteiger partial charge on any atom is -0.458 e. The number of hydrogen-bond acceptors (Lipinski definition) is 5. The first-order valence-electron chi connectivity index (χ1n) is 13.0. The normalized spacial score (nSPS) is 19.1. The van der Waals surface area contributed by atoms with E-state index in [4.69, 9.17) is 26.1 Å². The van der Waals surface area contributed by atoms with Gasteiger partial charge in [0.05, 0.1) is 29.9 Å². The number of hydrogen-bond donors (Lipinski definition) is 0. The Kier molecular flexibility index (Phi) is 7.64. The van der Waals surface area contributed by atoms with Crippen LogP contribution in [0.3, 0.4) is 0 Å². The molecule has 0 amide bonds. The molecule has 6 rings (SSSR count).